The molecule has 5 heteroatoms. The summed E-state index contributed by atoms with van der Waals surface area (Å²) in [5.74, 6) is 0.834. The number of nitriles is 1. The molecule has 4 rings (SSSR count). The van der Waals surface area contributed by atoms with Crippen LogP contribution in [0.15, 0.2) is 59.9 Å². The molecule has 0 bridgehead atoms. The van der Waals surface area contributed by atoms with Crippen LogP contribution in [0, 0.1) is 11.3 Å². The van der Waals surface area contributed by atoms with Gasteiger partial charge in [0.1, 0.15) is 18.2 Å². The van der Waals surface area contributed by atoms with Crippen LogP contribution in [0.1, 0.15) is 30.9 Å². The maximum absolute atomic E-state index is 9.91. The number of fused-ring (bicyclic) bond motifs is 2. The van der Waals surface area contributed by atoms with E-state index in [2.05, 4.69) is 23.3 Å². The molecule has 26 heavy (non-hydrogen) atoms. The molecule has 2 heterocycles. The molecule has 0 spiro atoms. The Morgan fingerprint density at radius 2 is 1.92 bits per heavy atom. The van der Waals surface area contributed by atoms with E-state index in [9.17, 15) is 5.26 Å². The van der Waals surface area contributed by atoms with Gasteiger partial charge in [0.05, 0.1) is 16.7 Å². The summed E-state index contributed by atoms with van der Waals surface area (Å²) < 4.78 is 1.84. The number of hydrogen-bond acceptors (Lipinski definition) is 3. The highest BCUT2D eigenvalue weighted by atomic mass is 15.1. The van der Waals surface area contributed by atoms with Crippen LogP contribution >= 0.6 is 0 Å². The summed E-state index contributed by atoms with van der Waals surface area (Å²) in [6, 6.07) is 18.2. The predicted octanol–water partition coefficient (Wildman–Crippen LogP) is 4.04. The van der Waals surface area contributed by atoms with Crippen LogP contribution < -0.4 is 5.32 Å². The van der Waals surface area contributed by atoms with Gasteiger partial charge in [-0.05, 0) is 18.6 Å². The van der Waals surface area contributed by atoms with Crippen molar-refractivity contribution in [3.63, 3.8) is 0 Å². The smallest absolute Gasteiger partial charge is 0.150 e. The first-order chi connectivity index (χ1) is 12.8. The number of allylic oxidation sites excluding steroid dienone is 1. The van der Waals surface area contributed by atoms with Gasteiger partial charge in [-0.15, -0.1) is 0 Å². The van der Waals surface area contributed by atoms with E-state index in [1.807, 2.05) is 53.1 Å². The van der Waals surface area contributed by atoms with Crippen molar-refractivity contribution < 1.29 is 0 Å². The van der Waals surface area contributed by atoms with Gasteiger partial charge in [-0.25, -0.2) is 4.98 Å². The zero-order valence-corrected chi connectivity index (χ0v) is 14.6. The molecule has 0 aliphatic carbocycles. The fourth-order valence-corrected chi connectivity index (χ4v) is 3.19. The Kier molecular flexibility index (Phi) is 4.24. The van der Waals surface area contributed by atoms with E-state index in [1.165, 1.54) is 0 Å². The second-order valence-electron chi connectivity index (χ2n) is 6.19. The predicted molar refractivity (Wildman–Crippen MR) is 104 cm³/mol. The minimum absolute atomic E-state index is 0.520. The van der Waals surface area contributed by atoms with Crippen LogP contribution in [0.25, 0.3) is 22.4 Å². The van der Waals surface area contributed by atoms with E-state index >= 15 is 0 Å². The summed E-state index contributed by atoms with van der Waals surface area (Å²) in [5.41, 5.74) is 5.11. The first-order valence-electron chi connectivity index (χ1n) is 8.81. The zero-order valence-electron chi connectivity index (χ0n) is 14.6. The molecule has 0 saturated carbocycles. The lowest BCUT2D eigenvalue weighted by atomic mass is 10.1. The number of rotatable bonds is 4. The highest BCUT2D eigenvalue weighted by Crippen LogP contribution is 2.30. The number of amidine groups is 1. The monoisotopic (exact) mass is 341 g/mol. The van der Waals surface area contributed by atoms with Crippen molar-refractivity contribution in [1.29, 1.82) is 5.26 Å². The Labute approximate surface area is 152 Å². The lowest BCUT2D eigenvalue weighted by Crippen LogP contribution is -2.16. The van der Waals surface area contributed by atoms with Crippen molar-refractivity contribution >= 4 is 28.3 Å². The van der Waals surface area contributed by atoms with Crippen molar-refractivity contribution in [2.45, 2.75) is 19.8 Å². The van der Waals surface area contributed by atoms with Crippen molar-refractivity contribution in [3.8, 4) is 6.07 Å². The number of imidazole rings is 1. The van der Waals surface area contributed by atoms with Gasteiger partial charge >= 0.3 is 0 Å². The molecule has 1 N–H and O–H groups in total. The number of hydrogen-bond donors (Lipinski definition) is 1. The minimum Gasteiger partial charge on any atom is -0.337 e. The Morgan fingerprint density at radius 3 is 2.73 bits per heavy atom. The number of nitrogens with one attached hydrogen (secondary N) is 1. The molecule has 1 aliphatic rings. The van der Waals surface area contributed by atoms with Gasteiger partial charge in [-0.2, -0.15) is 5.26 Å². The molecule has 1 aliphatic heterocycles. The molecule has 1 aromatic heterocycles. The van der Waals surface area contributed by atoms with Crippen LogP contribution in [0.2, 0.25) is 0 Å². The van der Waals surface area contributed by atoms with Crippen LogP contribution in [-0.2, 0) is 0 Å². The van der Waals surface area contributed by atoms with Crippen LogP contribution in [0.3, 0.4) is 0 Å². The third-order valence-corrected chi connectivity index (χ3v) is 4.51. The lowest BCUT2D eigenvalue weighted by Gasteiger charge is -2.08. The fourth-order valence-electron chi connectivity index (χ4n) is 3.19. The molecule has 2 aromatic carbocycles. The molecule has 3 aromatic rings. The second-order valence-corrected chi connectivity index (χ2v) is 6.19. The van der Waals surface area contributed by atoms with Gasteiger partial charge in [0.15, 0.2) is 5.70 Å². The largest absolute Gasteiger partial charge is 0.337 e. The zero-order chi connectivity index (χ0) is 17.9. The number of nitrogens with zero attached hydrogens (tertiary/aromatic N) is 4. The van der Waals surface area contributed by atoms with Gasteiger partial charge in [0.2, 0.25) is 0 Å². The number of para-hydroxylation sites is 2. The lowest BCUT2D eigenvalue weighted by molar-refractivity contribution is 0.806. The first-order valence-corrected chi connectivity index (χ1v) is 8.81. The molecule has 0 atom stereocenters. The van der Waals surface area contributed by atoms with Crippen molar-refractivity contribution in [2.24, 2.45) is 4.99 Å². The quantitative estimate of drug-likeness (QED) is 0.575. The summed E-state index contributed by atoms with van der Waals surface area (Å²) in [5, 5.41) is 13.3. The van der Waals surface area contributed by atoms with Gasteiger partial charge in [0.25, 0.3) is 0 Å². The molecule has 0 amide bonds. The average molecular weight is 341 g/mol. The summed E-state index contributed by atoms with van der Waals surface area (Å²) in [7, 11) is 0. The fraction of sp³-hybridized carbons (Fsp3) is 0.190. The normalized spacial score (nSPS) is 16.4. The number of aromatic nitrogens is 2. The SMILES string of the molecule is CCCCN=C1NC(=C(C#N)n2cnc3ccccc32)c2ccccc21. The molecule has 5 nitrogen and oxygen atoms in total. The second kappa shape index (κ2) is 6.85. The van der Waals surface area contributed by atoms with Crippen molar-refractivity contribution in [3.05, 3.63) is 66.0 Å². The highest BCUT2D eigenvalue weighted by molar-refractivity contribution is 6.16. The molecule has 0 unspecified atom stereocenters. The Hall–Kier alpha value is -3.39. The number of benzene rings is 2. The maximum Gasteiger partial charge on any atom is 0.150 e. The van der Waals surface area contributed by atoms with Gasteiger partial charge in [-0.1, -0.05) is 49.7 Å². The third kappa shape index (κ3) is 2.66. The summed E-state index contributed by atoms with van der Waals surface area (Å²) in [6.45, 7) is 2.93. The van der Waals surface area contributed by atoms with Gasteiger partial charge in [0, 0.05) is 17.7 Å². The minimum atomic E-state index is 0.520. The Bertz CT molecular complexity index is 1070. The molecule has 0 fully saturated rings. The summed E-state index contributed by atoms with van der Waals surface area (Å²) in [4.78, 5) is 9.12. The Morgan fingerprint density at radius 1 is 1.15 bits per heavy atom. The third-order valence-electron chi connectivity index (χ3n) is 4.51. The molecule has 0 saturated heterocycles. The van der Waals surface area contributed by atoms with Crippen LogP contribution in [0.5, 0.6) is 0 Å². The summed E-state index contributed by atoms with van der Waals surface area (Å²) >= 11 is 0. The first kappa shape index (κ1) is 16.1. The Balaban J connectivity index is 1.87. The topological polar surface area (TPSA) is 66.0 Å². The van der Waals surface area contributed by atoms with E-state index in [0.29, 0.717) is 5.70 Å². The van der Waals surface area contributed by atoms with Crippen molar-refractivity contribution in [2.75, 3.05) is 6.54 Å². The standard InChI is InChI=1S/C21H19N5/c1-2-3-12-23-21-16-9-5-4-8-15(16)20(25-21)19(13-22)26-14-24-17-10-6-7-11-18(17)26/h4-11,14H,2-3,12H2,1H3,(H,23,25). The van der Waals surface area contributed by atoms with Crippen LogP contribution in [0.4, 0.5) is 0 Å². The molecular weight excluding hydrogens is 322 g/mol. The van der Waals surface area contributed by atoms with E-state index in [-0.39, 0.29) is 0 Å². The van der Waals surface area contributed by atoms with Gasteiger partial charge in [-0.3, -0.25) is 9.56 Å². The van der Waals surface area contributed by atoms with Crippen LogP contribution in [-0.4, -0.2) is 21.9 Å². The average Bonchev–Trinajstić information content (AvgIpc) is 3.26. The maximum atomic E-state index is 9.91. The number of aliphatic imine (C=N–C) groups is 1. The molecule has 128 valence electrons. The van der Waals surface area contributed by atoms with Crippen molar-refractivity contribution in [1.82, 2.24) is 14.9 Å². The van der Waals surface area contributed by atoms with E-state index in [1.54, 1.807) is 6.33 Å². The van der Waals surface area contributed by atoms with Gasteiger partial charge < -0.3 is 5.32 Å². The molecule has 0 radical (unpaired) electrons. The number of unbranched alkanes of at least 4 members (excludes halogenated alkanes) is 1. The highest BCUT2D eigenvalue weighted by Gasteiger charge is 2.25. The van der Waals surface area contributed by atoms with E-state index in [0.717, 1.165) is 53.1 Å². The molecular formula is C21H19N5. The summed E-state index contributed by atoms with van der Waals surface area (Å²) in [6.07, 6.45) is 3.85. The van der Waals surface area contributed by atoms with E-state index in [4.69, 9.17) is 4.99 Å². The van der Waals surface area contributed by atoms with E-state index < -0.39 is 0 Å².